The van der Waals surface area contributed by atoms with E-state index in [2.05, 4.69) is 5.32 Å². The fourth-order valence-corrected chi connectivity index (χ4v) is 1.69. The van der Waals surface area contributed by atoms with Crippen molar-refractivity contribution >= 4 is 17.3 Å². The van der Waals surface area contributed by atoms with Crippen LogP contribution in [0.25, 0.3) is 0 Å². The van der Waals surface area contributed by atoms with E-state index in [0.29, 0.717) is 24.2 Å². The monoisotopic (exact) mass is 192 g/mol. The number of nitrogens with two attached hydrogens (primary N) is 1. The summed E-state index contributed by atoms with van der Waals surface area (Å²) in [7, 11) is 0. The molecule has 0 fully saturated rings. The number of aliphatic hydroxyl groups is 1. The fourth-order valence-electron chi connectivity index (χ4n) is 1.69. The van der Waals surface area contributed by atoms with Crippen molar-refractivity contribution in [2.75, 3.05) is 11.1 Å². The number of aryl methyl sites for hydroxylation is 1. The lowest BCUT2D eigenvalue weighted by atomic mass is 9.99. The minimum Gasteiger partial charge on any atom is -0.397 e. The van der Waals surface area contributed by atoms with E-state index in [0.717, 1.165) is 11.1 Å². The van der Waals surface area contributed by atoms with E-state index in [-0.39, 0.29) is 12.5 Å². The predicted octanol–water partition coefficient (Wildman–Crippen LogP) is 0.646. The Hall–Kier alpha value is -1.55. The van der Waals surface area contributed by atoms with Crippen molar-refractivity contribution in [1.29, 1.82) is 0 Å². The number of anilines is 2. The van der Waals surface area contributed by atoms with E-state index in [1.54, 1.807) is 6.07 Å². The van der Waals surface area contributed by atoms with Gasteiger partial charge in [0.1, 0.15) is 0 Å². The molecule has 1 aromatic rings. The summed E-state index contributed by atoms with van der Waals surface area (Å²) in [6.07, 6.45) is 1.18. The first-order chi connectivity index (χ1) is 6.70. The van der Waals surface area contributed by atoms with Gasteiger partial charge in [0.25, 0.3) is 0 Å². The number of nitrogen functional groups attached to an aromatic ring is 1. The standard InChI is InChI=1S/C10H12N2O2/c11-8-4-6(5-13)3-7-1-2-9(14)12-10(7)8/h3-4,13H,1-2,5,11H2,(H,12,14). The second-order valence-electron chi connectivity index (χ2n) is 3.43. The normalized spacial score (nSPS) is 14.8. The zero-order valence-electron chi connectivity index (χ0n) is 7.71. The van der Waals surface area contributed by atoms with Crippen LogP contribution < -0.4 is 11.1 Å². The van der Waals surface area contributed by atoms with Gasteiger partial charge < -0.3 is 16.2 Å². The van der Waals surface area contributed by atoms with E-state index >= 15 is 0 Å². The maximum absolute atomic E-state index is 11.1. The van der Waals surface area contributed by atoms with Gasteiger partial charge in [-0.25, -0.2) is 0 Å². The maximum Gasteiger partial charge on any atom is 0.224 e. The van der Waals surface area contributed by atoms with E-state index < -0.39 is 0 Å². The molecule has 1 amide bonds. The number of hydrogen-bond acceptors (Lipinski definition) is 3. The van der Waals surface area contributed by atoms with Crippen LogP contribution in [0.1, 0.15) is 17.5 Å². The van der Waals surface area contributed by atoms with Gasteiger partial charge in [0.2, 0.25) is 5.91 Å². The van der Waals surface area contributed by atoms with Crippen LogP contribution in [0.5, 0.6) is 0 Å². The summed E-state index contributed by atoms with van der Waals surface area (Å²) < 4.78 is 0. The summed E-state index contributed by atoms with van der Waals surface area (Å²) in [6.45, 7) is -0.0224. The molecule has 1 aliphatic heterocycles. The van der Waals surface area contributed by atoms with Crippen LogP contribution in [-0.2, 0) is 17.8 Å². The van der Waals surface area contributed by atoms with Gasteiger partial charge in [-0.2, -0.15) is 0 Å². The minimum absolute atomic E-state index is 0.000878. The lowest BCUT2D eigenvalue weighted by Crippen LogP contribution is -2.20. The summed E-state index contributed by atoms with van der Waals surface area (Å²) >= 11 is 0. The van der Waals surface area contributed by atoms with Gasteiger partial charge in [-0.15, -0.1) is 0 Å². The molecule has 2 rings (SSSR count). The SMILES string of the molecule is Nc1cc(CO)cc2c1NC(=O)CC2. The zero-order chi connectivity index (χ0) is 10.1. The summed E-state index contributed by atoms with van der Waals surface area (Å²) in [5.74, 6) is 0.000878. The highest BCUT2D eigenvalue weighted by Crippen LogP contribution is 2.29. The molecule has 0 radical (unpaired) electrons. The second-order valence-corrected chi connectivity index (χ2v) is 3.43. The van der Waals surface area contributed by atoms with Crippen LogP contribution in [0.4, 0.5) is 11.4 Å². The van der Waals surface area contributed by atoms with Crippen molar-refractivity contribution in [3.05, 3.63) is 23.3 Å². The fraction of sp³-hybridized carbons (Fsp3) is 0.300. The number of amides is 1. The number of aliphatic hydroxyl groups excluding tert-OH is 1. The Morgan fingerprint density at radius 1 is 1.43 bits per heavy atom. The Bertz CT molecular complexity index is 388. The summed E-state index contributed by atoms with van der Waals surface area (Å²) in [6, 6.07) is 3.57. The molecule has 0 atom stereocenters. The number of benzene rings is 1. The van der Waals surface area contributed by atoms with Gasteiger partial charge in [-0.05, 0) is 23.6 Å². The quantitative estimate of drug-likeness (QED) is 0.572. The van der Waals surface area contributed by atoms with Gasteiger partial charge >= 0.3 is 0 Å². The van der Waals surface area contributed by atoms with Crippen LogP contribution in [0.15, 0.2) is 12.1 Å². The minimum atomic E-state index is -0.0224. The number of carbonyl (C=O) groups is 1. The Morgan fingerprint density at radius 2 is 2.21 bits per heavy atom. The average molecular weight is 192 g/mol. The molecule has 74 valence electrons. The summed E-state index contributed by atoms with van der Waals surface area (Å²) in [5, 5.41) is 11.7. The van der Waals surface area contributed by atoms with Crippen molar-refractivity contribution in [3.8, 4) is 0 Å². The summed E-state index contributed by atoms with van der Waals surface area (Å²) in [5.41, 5.74) is 8.79. The van der Waals surface area contributed by atoms with Crippen molar-refractivity contribution in [2.24, 2.45) is 0 Å². The third-order valence-electron chi connectivity index (χ3n) is 2.38. The zero-order valence-corrected chi connectivity index (χ0v) is 7.71. The van der Waals surface area contributed by atoms with E-state index in [4.69, 9.17) is 10.8 Å². The predicted molar refractivity (Wildman–Crippen MR) is 53.7 cm³/mol. The third kappa shape index (κ3) is 1.44. The third-order valence-corrected chi connectivity index (χ3v) is 2.38. The van der Waals surface area contributed by atoms with Gasteiger partial charge in [0.15, 0.2) is 0 Å². The van der Waals surface area contributed by atoms with Crippen molar-refractivity contribution in [1.82, 2.24) is 0 Å². The number of hydrogen-bond donors (Lipinski definition) is 3. The van der Waals surface area contributed by atoms with Crippen LogP contribution in [-0.4, -0.2) is 11.0 Å². The smallest absolute Gasteiger partial charge is 0.224 e. The largest absolute Gasteiger partial charge is 0.397 e. The number of nitrogens with one attached hydrogen (secondary N) is 1. The van der Waals surface area contributed by atoms with Gasteiger partial charge in [0, 0.05) is 6.42 Å². The highest BCUT2D eigenvalue weighted by molar-refractivity contribution is 5.97. The van der Waals surface area contributed by atoms with Crippen LogP contribution in [0.3, 0.4) is 0 Å². The number of fused-ring (bicyclic) bond motifs is 1. The highest BCUT2D eigenvalue weighted by atomic mass is 16.3. The molecule has 0 unspecified atom stereocenters. The lowest BCUT2D eigenvalue weighted by Gasteiger charge is -2.19. The van der Waals surface area contributed by atoms with Gasteiger partial charge in [-0.1, -0.05) is 6.07 Å². The first kappa shape index (κ1) is 9.02. The molecule has 0 spiro atoms. The van der Waals surface area contributed by atoms with Crippen LogP contribution in [0, 0.1) is 0 Å². The Labute approximate surface area is 81.7 Å². The molecule has 0 aliphatic carbocycles. The van der Waals surface area contributed by atoms with Gasteiger partial charge in [0.05, 0.1) is 18.0 Å². The molecular formula is C10H12N2O2. The maximum atomic E-state index is 11.1. The molecule has 14 heavy (non-hydrogen) atoms. The lowest BCUT2D eigenvalue weighted by molar-refractivity contribution is -0.116. The second kappa shape index (κ2) is 3.31. The van der Waals surface area contributed by atoms with Crippen molar-refractivity contribution in [2.45, 2.75) is 19.4 Å². The first-order valence-corrected chi connectivity index (χ1v) is 4.52. The summed E-state index contributed by atoms with van der Waals surface area (Å²) in [4.78, 5) is 11.1. The molecule has 4 heteroatoms. The first-order valence-electron chi connectivity index (χ1n) is 4.52. The van der Waals surface area contributed by atoms with Crippen LogP contribution >= 0.6 is 0 Å². The molecule has 4 nitrogen and oxygen atoms in total. The molecule has 1 aromatic carbocycles. The molecule has 1 aliphatic rings. The molecular weight excluding hydrogens is 180 g/mol. The van der Waals surface area contributed by atoms with Crippen molar-refractivity contribution in [3.63, 3.8) is 0 Å². The molecule has 0 aromatic heterocycles. The average Bonchev–Trinajstić information content (AvgIpc) is 2.19. The Kier molecular flexibility index (Phi) is 2.13. The topological polar surface area (TPSA) is 75.3 Å². The van der Waals surface area contributed by atoms with E-state index in [1.165, 1.54) is 0 Å². The van der Waals surface area contributed by atoms with Gasteiger partial charge in [-0.3, -0.25) is 4.79 Å². The molecule has 0 bridgehead atoms. The molecule has 1 heterocycles. The number of rotatable bonds is 1. The van der Waals surface area contributed by atoms with E-state index in [9.17, 15) is 4.79 Å². The Morgan fingerprint density at radius 3 is 2.93 bits per heavy atom. The Balaban J connectivity index is 2.48. The number of carbonyl (C=O) groups excluding carboxylic acids is 1. The van der Waals surface area contributed by atoms with Crippen LogP contribution in [0.2, 0.25) is 0 Å². The van der Waals surface area contributed by atoms with E-state index in [1.807, 2.05) is 6.07 Å². The highest BCUT2D eigenvalue weighted by Gasteiger charge is 2.17. The molecule has 4 N–H and O–H groups in total. The molecule has 0 saturated heterocycles. The van der Waals surface area contributed by atoms with Crippen molar-refractivity contribution < 1.29 is 9.90 Å². The molecule has 0 saturated carbocycles.